The Morgan fingerprint density at radius 3 is 2.36 bits per heavy atom. The molecule has 0 aliphatic rings. The van der Waals surface area contributed by atoms with Gasteiger partial charge in [-0.2, -0.15) is 0 Å². The van der Waals surface area contributed by atoms with Crippen molar-refractivity contribution >= 4 is 0 Å². The van der Waals surface area contributed by atoms with Gasteiger partial charge in [-0.25, -0.2) is 0 Å². The fraction of sp³-hybridized carbons (Fsp3) is 1.00. The molecule has 0 amide bonds. The number of ether oxygens (including phenoxy) is 1. The minimum Gasteiger partial charge on any atom is -0.380 e. The minimum absolute atomic E-state index is 0.343. The molecule has 1 atom stereocenters. The van der Waals surface area contributed by atoms with Gasteiger partial charge in [-0.3, -0.25) is 0 Å². The van der Waals surface area contributed by atoms with E-state index in [1.54, 1.807) is 7.11 Å². The smallest absolute Gasteiger partial charge is 0.0667 e. The third kappa shape index (κ3) is 10.0. The zero-order chi connectivity index (χ0) is 10.6. The first-order valence-corrected chi connectivity index (χ1v) is 6.04. The van der Waals surface area contributed by atoms with Crippen molar-refractivity contribution in [3.63, 3.8) is 0 Å². The van der Waals surface area contributed by atoms with Crippen LogP contribution in [0.2, 0.25) is 0 Å². The summed E-state index contributed by atoms with van der Waals surface area (Å²) in [6.45, 7) is 6.47. The topological polar surface area (TPSA) is 21.3 Å². The van der Waals surface area contributed by atoms with Crippen molar-refractivity contribution in [2.75, 3.05) is 20.2 Å². The average molecular weight is 201 g/mol. The molecule has 14 heavy (non-hydrogen) atoms. The quantitative estimate of drug-likeness (QED) is 0.549. The highest BCUT2D eigenvalue weighted by atomic mass is 16.5. The van der Waals surface area contributed by atoms with E-state index >= 15 is 0 Å². The molecule has 0 heterocycles. The summed E-state index contributed by atoms with van der Waals surface area (Å²) in [4.78, 5) is 0. The molecule has 2 nitrogen and oxygen atoms in total. The van der Waals surface area contributed by atoms with Gasteiger partial charge >= 0.3 is 0 Å². The van der Waals surface area contributed by atoms with Crippen molar-refractivity contribution in [1.29, 1.82) is 0 Å². The van der Waals surface area contributed by atoms with Crippen LogP contribution in [-0.2, 0) is 4.74 Å². The highest BCUT2D eigenvalue weighted by Gasteiger charge is 1.96. The summed E-state index contributed by atoms with van der Waals surface area (Å²) < 4.78 is 5.15. The molecule has 1 unspecified atom stereocenters. The Kier molecular flexibility index (Phi) is 10.9. The largest absolute Gasteiger partial charge is 0.380 e. The standard InChI is InChI=1S/C12H27NO/c1-4-5-6-7-8-9-10-13-11-12(2)14-3/h12-13H,4-11H2,1-3H3. The molecular formula is C12H27NO. The third-order valence-electron chi connectivity index (χ3n) is 2.54. The predicted octanol–water partition coefficient (Wildman–Crippen LogP) is 2.97. The van der Waals surface area contributed by atoms with Crippen LogP contribution in [0.1, 0.15) is 52.4 Å². The molecule has 1 N–H and O–H groups in total. The molecule has 0 aliphatic carbocycles. The Balaban J connectivity index is 2.92. The maximum absolute atomic E-state index is 5.15. The second kappa shape index (κ2) is 11.0. The van der Waals surface area contributed by atoms with Gasteiger partial charge < -0.3 is 10.1 Å². The number of nitrogens with one attached hydrogen (secondary N) is 1. The Morgan fingerprint density at radius 1 is 1.07 bits per heavy atom. The van der Waals surface area contributed by atoms with Crippen molar-refractivity contribution in [2.24, 2.45) is 0 Å². The van der Waals surface area contributed by atoms with Crippen LogP contribution in [0.3, 0.4) is 0 Å². The van der Waals surface area contributed by atoms with Crippen LogP contribution in [0.5, 0.6) is 0 Å². The SMILES string of the molecule is CCCCCCCCNCC(C)OC. The van der Waals surface area contributed by atoms with Gasteiger partial charge in [-0.15, -0.1) is 0 Å². The molecule has 86 valence electrons. The van der Waals surface area contributed by atoms with Crippen LogP contribution in [0, 0.1) is 0 Å². The maximum atomic E-state index is 5.15. The van der Waals surface area contributed by atoms with Crippen molar-refractivity contribution in [3.05, 3.63) is 0 Å². The van der Waals surface area contributed by atoms with E-state index in [9.17, 15) is 0 Å². The highest BCUT2D eigenvalue weighted by molar-refractivity contribution is 4.54. The number of unbranched alkanes of at least 4 members (excludes halogenated alkanes) is 5. The third-order valence-corrected chi connectivity index (χ3v) is 2.54. The lowest BCUT2D eigenvalue weighted by atomic mass is 10.1. The van der Waals surface area contributed by atoms with E-state index < -0.39 is 0 Å². The van der Waals surface area contributed by atoms with Crippen LogP contribution in [0.15, 0.2) is 0 Å². The second-order valence-electron chi connectivity index (χ2n) is 4.02. The first-order chi connectivity index (χ1) is 6.81. The Bertz CT molecular complexity index is 106. The van der Waals surface area contributed by atoms with Gasteiger partial charge in [0.1, 0.15) is 0 Å². The fourth-order valence-corrected chi connectivity index (χ4v) is 1.42. The minimum atomic E-state index is 0.343. The van der Waals surface area contributed by atoms with Gasteiger partial charge in [0.05, 0.1) is 6.10 Å². The van der Waals surface area contributed by atoms with E-state index in [1.807, 2.05) is 0 Å². The van der Waals surface area contributed by atoms with Gasteiger partial charge in [0.2, 0.25) is 0 Å². The summed E-state index contributed by atoms with van der Waals surface area (Å²) in [7, 11) is 1.76. The lowest BCUT2D eigenvalue weighted by Gasteiger charge is -2.10. The van der Waals surface area contributed by atoms with E-state index in [-0.39, 0.29) is 0 Å². The molecule has 0 saturated carbocycles. The molecule has 2 heteroatoms. The lowest BCUT2D eigenvalue weighted by molar-refractivity contribution is 0.117. The van der Waals surface area contributed by atoms with Crippen LogP contribution < -0.4 is 5.32 Å². The molecule has 0 aliphatic heterocycles. The molecule has 0 aromatic heterocycles. The van der Waals surface area contributed by atoms with E-state index in [2.05, 4.69) is 19.2 Å². The second-order valence-corrected chi connectivity index (χ2v) is 4.02. The summed E-state index contributed by atoms with van der Waals surface area (Å²) >= 11 is 0. The molecule has 0 aromatic carbocycles. The normalized spacial score (nSPS) is 13.1. The summed E-state index contributed by atoms with van der Waals surface area (Å²) in [6, 6.07) is 0. The van der Waals surface area contributed by atoms with Gasteiger partial charge in [-0.05, 0) is 19.9 Å². The molecule has 0 bridgehead atoms. The summed E-state index contributed by atoms with van der Waals surface area (Å²) in [5.74, 6) is 0. The number of hydrogen-bond donors (Lipinski definition) is 1. The molecular weight excluding hydrogens is 174 g/mol. The van der Waals surface area contributed by atoms with E-state index in [4.69, 9.17) is 4.74 Å². The predicted molar refractivity (Wildman–Crippen MR) is 62.7 cm³/mol. The number of hydrogen-bond acceptors (Lipinski definition) is 2. The maximum Gasteiger partial charge on any atom is 0.0667 e. The monoisotopic (exact) mass is 201 g/mol. The molecule has 0 spiro atoms. The summed E-state index contributed by atoms with van der Waals surface area (Å²) in [5, 5.41) is 3.40. The summed E-state index contributed by atoms with van der Waals surface area (Å²) in [6.07, 6.45) is 8.56. The molecule has 0 saturated heterocycles. The Morgan fingerprint density at radius 2 is 1.71 bits per heavy atom. The van der Waals surface area contributed by atoms with E-state index in [0.29, 0.717) is 6.10 Å². The first kappa shape index (κ1) is 13.9. The average Bonchev–Trinajstić information content (AvgIpc) is 2.21. The lowest BCUT2D eigenvalue weighted by Crippen LogP contribution is -2.26. The fourth-order valence-electron chi connectivity index (χ4n) is 1.42. The number of methoxy groups -OCH3 is 1. The van der Waals surface area contributed by atoms with Crippen LogP contribution in [-0.4, -0.2) is 26.3 Å². The zero-order valence-electron chi connectivity index (χ0n) is 10.1. The van der Waals surface area contributed by atoms with Crippen molar-refractivity contribution in [2.45, 2.75) is 58.5 Å². The van der Waals surface area contributed by atoms with Crippen molar-refractivity contribution < 1.29 is 4.74 Å². The molecule has 0 fully saturated rings. The molecule has 0 aromatic rings. The van der Waals surface area contributed by atoms with Gasteiger partial charge in [0, 0.05) is 13.7 Å². The number of rotatable bonds is 10. The molecule has 0 rings (SSSR count). The van der Waals surface area contributed by atoms with Crippen molar-refractivity contribution in [1.82, 2.24) is 5.32 Å². The summed E-state index contributed by atoms with van der Waals surface area (Å²) in [5.41, 5.74) is 0. The van der Waals surface area contributed by atoms with E-state index in [0.717, 1.165) is 13.1 Å². The molecule has 0 radical (unpaired) electrons. The Hall–Kier alpha value is -0.0800. The van der Waals surface area contributed by atoms with Crippen molar-refractivity contribution in [3.8, 4) is 0 Å². The van der Waals surface area contributed by atoms with Crippen LogP contribution >= 0.6 is 0 Å². The zero-order valence-corrected chi connectivity index (χ0v) is 10.1. The van der Waals surface area contributed by atoms with Gasteiger partial charge in [0.25, 0.3) is 0 Å². The van der Waals surface area contributed by atoms with Gasteiger partial charge in [0.15, 0.2) is 0 Å². The Labute approximate surface area is 89.4 Å². The highest BCUT2D eigenvalue weighted by Crippen LogP contribution is 2.03. The van der Waals surface area contributed by atoms with Gasteiger partial charge in [-0.1, -0.05) is 39.0 Å². The van der Waals surface area contributed by atoms with Crippen LogP contribution in [0.25, 0.3) is 0 Å². The van der Waals surface area contributed by atoms with E-state index in [1.165, 1.54) is 38.5 Å². The first-order valence-electron chi connectivity index (χ1n) is 6.04. The van der Waals surface area contributed by atoms with Crippen LogP contribution in [0.4, 0.5) is 0 Å².